The van der Waals surface area contributed by atoms with E-state index in [2.05, 4.69) is 15.3 Å². The van der Waals surface area contributed by atoms with Gasteiger partial charge in [-0.25, -0.2) is 9.97 Å². The fraction of sp³-hybridized carbons (Fsp3) is 0.636. The second-order valence-corrected chi connectivity index (χ2v) is 4.02. The number of hydrogen-bond acceptors (Lipinski definition) is 4. The summed E-state index contributed by atoms with van der Waals surface area (Å²) in [6.45, 7) is 2.60. The number of aliphatic hydroxyl groups is 1. The first kappa shape index (κ1) is 10.5. The van der Waals surface area contributed by atoms with Crippen molar-refractivity contribution in [3.63, 3.8) is 0 Å². The van der Waals surface area contributed by atoms with E-state index in [-0.39, 0.29) is 6.10 Å². The lowest BCUT2D eigenvalue weighted by Gasteiger charge is -2.23. The predicted molar refractivity (Wildman–Crippen MR) is 57.4 cm³/mol. The van der Waals surface area contributed by atoms with Crippen LogP contribution in [0.15, 0.2) is 0 Å². The molecule has 1 aliphatic carbocycles. The Bertz CT molecular complexity index is 365. The maximum atomic E-state index is 9.95. The third-order valence-electron chi connectivity index (χ3n) is 2.78. The molecule has 1 aliphatic rings. The molecule has 4 heteroatoms. The Morgan fingerprint density at radius 2 is 2.27 bits per heavy atom. The average Bonchev–Trinajstić information content (AvgIpc) is 2.17. The molecular formula is C11H17N3O. The molecule has 1 aromatic heterocycles. The van der Waals surface area contributed by atoms with Crippen molar-refractivity contribution in [3.8, 4) is 0 Å². The van der Waals surface area contributed by atoms with Gasteiger partial charge in [-0.1, -0.05) is 0 Å². The summed E-state index contributed by atoms with van der Waals surface area (Å²) in [4.78, 5) is 8.80. The molecule has 0 spiro atoms. The Kier molecular flexibility index (Phi) is 2.98. The number of aliphatic hydroxyl groups excluding tert-OH is 1. The van der Waals surface area contributed by atoms with Crippen molar-refractivity contribution in [2.45, 2.75) is 38.8 Å². The number of aryl methyl sites for hydroxylation is 2. The van der Waals surface area contributed by atoms with Gasteiger partial charge in [0.1, 0.15) is 5.82 Å². The van der Waals surface area contributed by atoms with Crippen molar-refractivity contribution in [2.24, 2.45) is 0 Å². The topological polar surface area (TPSA) is 58.0 Å². The smallest absolute Gasteiger partial charge is 0.125 e. The molecule has 1 unspecified atom stereocenters. The number of aromatic nitrogens is 2. The van der Waals surface area contributed by atoms with Crippen LogP contribution >= 0.6 is 0 Å². The van der Waals surface area contributed by atoms with Gasteiger partial charge >= 0.3 is 0 Å². The number of nitrogens with zero attached hydrogens (tertiary/aromatic N) is 2. The predicted octanol–water partition coefficient (Wildman–Crippen LogP) is 0.874. The van der Waals surface area contributed by atoms with E-state index in [0.717, 1.165) is 42.0 Å². The normalized spacial score (nSPS) is 20.1. The van der Waals surface area contributed by atoms with Crippen LogP contribution in [0.3, 0.4) is 0 Å². The maximum absolute atomic E-state index is 9.95. The lowest BCUT2D eigenvalue weighted by molar-refractivity contribution is 0.153. The van der Waals surface area contributed by atoms with Crippen molar-refractivity contribution in [1.29, 1.82) is 0 Å². The van der Waals surface area contributed by atoms with E-state index in [9.17, 15) is 5.11 Å². The van der Waals surface area contributed by atoms with Crippen molar-refractivity contribution in [3.05, 3.63) is 22.8 Å². The molecule has 15 heavy (non-hydrogen) atoms. The van der Waals surface area contributed by atoms with Gasteiger partial charge in [0.15, 0.2) is 0 Å². The molecule has 0 bridgehead atoms. The molecule has 2 N–H and O–H groups in total. The zero-order valence-corrected chi connectivity index (χ0v) is 9.25. The molecule has 0 radical (unpaired) electrons. The van der Waals surface area contributed by atoms with Crippen molar-refractivity contribution < 1.29 is 5.11 Å². The van der Waals surface area contributed by atoms with Crippen molar-refractivity contribution in [2.75, 3.05) is 7.05 Å². The molecule has 0 aromatic carbocycles. The summed E-state index contributed by atoms with van der Waals surface area (Å²) < 4.78 is 0. The fourth-order valence-electron chi connectivity index (χ4n) is 2.19. The lowest BCUT2D eigenvalue weighted by atomic mass is 9.92. The van der Waals surface area contributed by atoms with Crippen molar-refractivity contribution in [1.82, 2.24) is 15.3 Å². The summed E-state index contributed by atoms with van der Waals surface area (Å²) >= 11 is 0. The Morgan fingerprint density at radius 3 is 3.00 bits per heavy atom. The Hall–Kier alpha value is -1.00. The van der Waals surface area contributed by atoms with Gasteiger partial charge < -0.3 is 10.4 Å². The Balaban J connectivity index is 2.48. The highest BCUT2D eigenvalue weighted by Gasteiger charge is 2.23. The van der Waals surface area contributed by atoms with Gasteiger partial charge in [0, 0.05) is 12.1 Å². The van der Waals surface area contributed by atoms with Crippen LogP contribution in [0.4, 0.5) is 0 Å². The molecule has 82 valence electrons. The monoisotopic (exact) mass is 207 g/mol. The lowest BCUT2D eigenvalue weighted by Crippen LogP contribution is -2.19. The number of nitrogens with one attached hydrogen (secondary N) is 1. The molecule has 0 saturated carbocycles. The summed E-state index contributed by atoms with van der Waals surface area (Å²) in [6, 6.07) is 0. The van der Waals surface area contributed by atoms with E-state index in [4.69, 9.17) is 0 Å². The third-order valence-corrected chi connectivity index (χ3v) is 2.78. The van der Waals surface area contributed by atoms with E-state index in [1.807, 2.05) is 14.0 Å². The highest BCUT2D eigenvalue weighted by Crippen LogP contribution is 2.30. The van der Waals surface area contributed by atoms with Gasteiger partial charge in [0.25, 0.3) is 0 Å². The van der Waals surface area contributed by atoms with Crippen LogP contribution in [0.25, 0.3) is 0 Å². The molecule has 2 rings (SSSR count). The van der Waals surface area contributed by atoms with Crippen LogP contribution in [0.1, 0.15) is 41.7 Å². The summed E-state index contributed by atoms with van der Waals surface area (Å²) in [5.41, 5.74) is 2.94. The zero-order chi connectivity index (χ0) is 10.8. The molecule has 0 aliphatic heterocycles. The van der Waals surface area contributed by atoms with Gasteiger partial charge in [0.2, 0.25) is 0 Å². The van der Waals surface area contributed by atoms with E-state index in [1.54, 1.807) is 0 Å². The average molecular weight is 207 g/mol. The highest BCUT2D eigenvalue weighted by atomic mass is 16.3. The number of fused-ring (bicyclic) bond motifs is 1. The SMILES string of the molecule is CNCc1nc(C)nc2c1C(O)CCC2. The second-order valence-electron chi connectivity index (χ2n) is 4.02. The quantitative estimate of drug-likeness (QED) is 0.755. The second kappa shape index (κ2) is 4.24. The molecule has 0 saturated heterocycles. The first-order chi connectivity index (χ1) is 7.22. The number of hydrogen-bond donors (Lipinski definition) is 2. The molecular weight excluding hydrogens is 190 g/mol. The molecule has 0 fully saturated rings. The van der Waals surface area contributed by atoms with Crippen LogP contribution in [0, 0.1) is 6.92 Å². The van der Waals surface area contributed by atoms with Gasteiger partial charge in [-0.2, -0.15) is 0 Å². The van der Waals surface area contributed by atoms with E-state index in [0.29, 0.717) is 6.54 Å². The van der Waals surface area contributed by atoms with Gasteiger partial charge in [0.05, 0.1) is 17.5 Å². The van der Waals surface area contributed by atoms with Crippen molar-refractivity contribution >= 4 is 0 Å². The van der Waals surface area contributed by atoms with Crippen LogP contribution in [0.5, 0.6) is 0 Å². The third kappa shape index (κ3) is 2.01. The minimum absolute atomic E-state index is 0.377. The summed E-state index contributed by atoms with van der Waals surface area (Å²) in [5, 5.41) is 13.0. The molecule has 1 atom stereocenters. The minimum atomic E-state index is -0.377. The zero-order valence-electron chi connectivity index (χ0n) is 9.25. The van der Waals surface area contributed by atoms with Crippen LogP contribution < -0.4 is 5.32 Å². The highest BCUT2D eigenvalue weighted by molar-refractivity contribution is 5.30. The maximum Gasteiger partial charge on any atom is 0.125 e. The van der Waals surface area contributed by atoms with Crippen LogP contribution in [-0.2, 0) is 13.0 Å². The van der Waals surface area contributed by atoms with E-state index in [1.165, 1.54) is 0 Å². The van der Waals surface area contributed by atoms with E-state index < -0.39 is 0 Å². The standard InChI is InChI=1S/C11H17N3O/c1-7-13-8-4-3-5-10(15)11(8)9(14-7)6-12-2/h10,12,15H,3-6H2,1-2H3. The molecule has 0 amide bonds. The van der Waals surface area contributed by atoms with Crippen LogP contribution in [-0.4, -0.2) is 22.1 Å². The Morgan fingerprint density at radius 1 is 1.47 bits per heavy atom. The first-order valence-corrected chi connectivity index (χ1v) is 5.41. The first-order valence-electron chi connectivity index (χ1n) is 5.41. The van der Waals surface area contributed by atoms with Gasteiger partial charge in [-0.3, -0.25) is 0 Å². The Labute approximate surface area is 89.8 Å². The molecule has 1 heterocycles. The van der Waals surface area contributed by atoms with E-state index >= 15 is 0 Å². The number of rotatable bonds is 2. The summed E-state index contributed by atoms with van der Waals surface area (Å²) in [5.74, 6) is 0.799. The molecule has 1 aromatic rings. The van der Waals surface area contributed by atoms with Gasteiger partial charge in [-0.05, 0) is 33.2 Å². The molecule has 4 nitrogen and oxygen atoms in total. The van der Waals surface area contributed by atoms with Crippen LogP contribution in [0.2, 0.25) is 0 Å². The summed E-state index contributed by atoms with van der Waals surface area (Å²) in [7, 11) is 1.89. The van der Waals surface area contributed by atoms with Gasteiger partial charge in [-0.15, -0.1) is 0 Å². The fourth-order valence-corrected chi connectivity index (χ4v) is 2.19. The minimum Gasteiger partial charge on any atom is -0.388 e. The largest absolute Gasteiger partial charge is 0.388 e. The summed E-state index contributed by atoms with van der Waals surface area (Å²) in [6.07, 6.45) is 2.43.